The van der Waals surface area contributed by atoms with E-state index in [1.165, 1.54) is 4.68 Å². The summed E-state index contributed by atoms with van der Waals surface area (Å²) in [4.78, 5) is 20.5. The second kappa shape index (κ2) is 8.17. The summed E-state index contributed by atoms with van der Waals surface area (Å²) < 4.78 is 43.6. The molecule has 2 aromatic carbocycles. The number of benzene rings is 2. The highest BCUT2D eigenvalue weighted by Gasteiger charge is 2.31. The Balaban J connectivity index is 1.60. The maximum Gasteiger partial charge on any atom is 0.255 e. The SMILES string of the molecule is Nc1nc(-n2nc(Cc3c(F)ccc(F)c3F)c3cc(Cl)ccc32)nc(N)c1NC(=O)C1CC1. The molecule has 0 atom stereocenters. The van der Waals surface area contributed by atoms with Gasteiger partial charge >= 0.3 is 0 Å². The van der Waals surface area contributed by atoms with Gasteiger partial charge < -0.3 is 16.8 Å². The van der Waals surface area contributed by atoms with Crippen LogP contribution in [0.2, 0.25) is 5.02 Å². The first-order valence-electron chi connectivity index (χ1n) is 10.3. The van der Waals surface area contributed by atoms with E-state index in [1.54, 1.807) is 18.2 Å². The topological polar surface area (TPSA) is 125 Å². The summed E-state index contributed by atoms with van der Waals surface area (Å²) in [7, 11) is 0. The van der Waals surface area contributed by atoms with Crippen molar-refractivity contribution < 1.29 is 18.0 Å². The van der Waals surface area contributed by atoms with Crippen molar-refractivity contribution in [2.75, 3.05) is 16.8 Å². The second-order valence-electron chi connectivity index (χ2n) is 7.95. The summed E-state index contributed by atoms with van der Waals surface area (Å²) in [5.74, 6) is -3.85. The van der Waals surface area contributed by atoms with E-state index in [0.717, 1.165) is 18.9 Å². The van der Waals surface area contributed by atoms with Crippen LogP contribution < -0.4 is 16.8 Å². The molecule has 0 unspecified atom stereocenters. The quantitative estimate of drug-likeness (QED) is 0.365. The normalized spacial score (nSPS) is 13.4. The van der Waals surface area contributed by atoms with Crippen molar-refractivity contribution in [3.8, 4) is 5.95 Å². The Morgan fingerprint density at radius 1 is 1.09 bits per heavy atom. The zero-order valence-corrected chi connectivity index (χ0v) is 18.2. The van der Waals surface area contributed by atoms with Gasteiger partial charge in [-0.1, -0.05) is 11.6 Å². The number of fused-ring (bicyclic) bond motifs is 1. The van der Waals surface area contributed by atoms with E-state index in [2.05, 4.69) is 20.4 Å². The van der Waals surface area contributed by atoms with Crippen LogP contribution in [0.4, 0.5) is 30.5 Å². The van der Waals surface area contributed by atoms with Gasteiger partial charge in [-0.15, -0.1) is 0 Å². The highest BCUT2D eigenvalue weighted by molar-refractivity contribution is 6.31. The second-order valence-corrected chi connectivity index (χ2v) is 8.39. The van der Waals surface area contributed by atoms with Crippen molar-refractivity contribution in [3.05, 3.63) is 64.1 Å². The number of nitrogens with two attached hydrogens (primary N) is 2. The first kappa shape index (κ1) is 22.0. The van der Waals surface area contributed by atoms with E-state index < -0.39 is 23.0 Å². The Labute approximate surface area is 195 Å². The summed E-state index contributed by atoms with van der Waals surface area (Å²) in [6.45, 7) is 0. The van der Waals surface area contributed by atoms with Crippen LogP contribution in [0.1, 0.15) is 24.1 Å². The Morgan fingerprint density at radius 2 is 1.76 bits per heavy atom. The van der Waals surface area contributed by atoms with Crippen molar-refractivity contribution in [1.82, 2.24) is 19.7 Å². The minimum Gasteiger partial charge on any atom is -0.382 e. The van der Waals surface area contributed by atoms with Crippen molar-refractivity contribution >= 4 is 45.7 Å². The fourth-order valence-corrected chi connectivity index (χ4v) is 3.78. The van der Waals surface area contributed by atoms with Crippen LogP contribution in [0.3, 0.4) is 0 Å². The van der Waals surface area contributed by atoms with Crippen LogP contribution in [-0.2, 0) is 11.2 Å². The number of anilines is 3. The molecule has 4 aromatic rings. The molecule has 1 amide bonds. The number of carbonyl (C=O) groups excluding carboxylic acids is 1. The van der Waals surface area contributed by atoms with E-state index >= 15 is 0 Å². The third kappa shape index (κ3) is 3.87. The van der Waals surface area contributed by atoms with Gasteiger partial charge in [0.1, 0.15) is 11.5 Å². The highest BCUT2D eigenvalue weighted by atomic mass is 35.5. The molecule has 0 aliphatic heterocycles. The van der Waals surface area contributed by atoms with Crippen LogP contribution in [-0.4, -0.2) is 25.7 Å². The number of nitrogen functional groups attached to an aromatic ring is 2. The molecule has 2 heterocycles. The van der Waals surface area contributed by atoms with E-state index in [-0.39, 0.29) is 47.2 Å². The first-order chi connectivity index (χ1) is 16.2. The van der Waals surface area contributed by atoms with Crippen LogP contribution in [0.25, 0.3) is 16.9 Å². The molecule has 5 N–H and O–H groups in total. The molecule has 174 valence electrons. The zero-order chi connectivity index (χ0) is 24.1. The predicted octanol–water partition coefficient (Wildman–Crippen LogP) is 3.99. The Bertz CT molecular complexity index is 1450. The van der Waals surface area contributed by atoms with Crippen molar-refractivity contribution in [3.63, 3.8) is 0 Å². The smallest absolute Gasteiger partial charge is 0.255 e. The lowest BCUT2D eigenvalue weighted by Crippen LogP contribution is -2.18. The summed E-state index contributed by atoms with van der Waals surface area (Å²) >= 11 is 6.13. The van der Waals surface area contributed by atoms with E-state index in [1.807, 2.05) is 0 Å². The number of carbonyl (C=O) groups is 1. The molecule has 0 bridgehead atoms. The summed E-state index contributed by atoms with van der Waals surface area (Å²) in [5.41, 5.74) is 12.3. The number of amides is 1. The molecule has 0 spiro atoms. The Kier molecular flexibility index (Phi) is 5.28. The summed E-state index contributed by atoms with van der Waals surface area (Å²) in [6, 6.07) is 6.32. The van der Waals surface area contributed by atoms with Gasteiger partial charge in [0, 0.05) is 28.3 Å². The van der Waals surface area contributed by atoms with Crippen molar-refractivity contribution in [2.24, 2.45) is 5.92 Å². The minimum atomic E-state index is -1.30. The number of nitrogens with zero attached hydrogens (tertiary/aromatic N) is 4. The van der Waals surface area contributed by atoms with Gasteiger partial charge in [0.15, 0.2) is 23.3 Å². The molecular weight excluding hydrogens is 471 g/mol. The van der Waals surface area contributed by atoms with Crippen LogP contribution in [0.5, 0.6) is 0 Å². The molecule has 0 saturated heterocycles. The fraction of sp³-hybridized carbons (Fsp3) is 0.182. The maximum atomic E-state index is 14.3. The monoisotopic (exact) mass is 487 g/mol. The average molecular weight is 488 g/mol. The standard InChI is InChI=1S/C22H17ClF3N7O/c23-10-3-6-16-12(7-10)15(8-11-13(24)4-5-14(25)17(11)26)32-33(16)22-30-19(27)18(20(28)31-22)29-21(34)9-1-2-9/h3-7,9H,1-2,8H2,(H,29,34)(H4,27,28,30,31). The van der Waals surface area contributed by atoms with E-state index in [9.17, 15) is 18.0 Å². The molecule has 1 saturated carbocycles. The molecule has 12 heteroatoms. The Hall–Kier alpha value is -3.86. The van der Waals surface area contributed by atoms with Crippen LogP contribution in [0, 0.1) is 23.4 Å². The number of hydrogen-bond donors (Lipinski definition) is 3. The van der Waals surface area contributed by atoms with Gasteiger partial charge in [-0.2, -0.15) is 19.7 Å². The molecule has 1 aliphatic carbocycles. The average Bonchev–Trinajstić information content (AvgIpc) is 3.59. The van der Waals surface area contributed by atoms with Gasteiger partial charge in [-0.25, -0.2) is 13.2 Å². The number of aromatic nitrogens is 4. The fourth-order valence-electron chi connectivity index (χ4n) is 3.61. The summed E-state index contributed by atoms with van der Waals surface area (Å²) in [5, 5.41) is 7.84. The van der Waals surface area contributed by atoms with Crippen molar-refractivity contribution in [1.29, 1.82) is 0 Å². The molecule has 5 rings (SSSR count). The number of nitrogens with one attached hydrogen (secondary N) is 1. The summed E-state index contributed by atoms with van der Waals surface area (Å²) in [6.07, 6.45) is 1.23. The number of halogens is 4. The highest BCUT2D eigenvalue weighted by Crippen LogP contribution is 2.33. The third-order valence-corrected chi connectivity index (χ3v) is 5.78. The lowest BCUT2D eigenvalue weighted by Gasteiger charge is -2.11. The minimum absolute atomic E-state index is 0.0295. The first-order valence-corrected chi connectivity index (χ1v) is 10.6. The van der Waals surface area contributed by atoms with Crippen LogP contribution in [0.15, 0.2) is 30.3 Å². The van der Waals surface area contributed by atoms with E-state index in [0.29, 0.717) is 22.0 Å². The van der Waals surface area contributed by atoms with Gasteiger partial charge in [-0.05, 0) is 43.2 Å². The van der Waals surface area contributed by atoms with Crippen molar-refractivity contribution in [2.45, 2.75) is 19.3 Å². The van der Waals surface area contributed by atoms with Gasteiger partial charge in [0.2, 0.25) is 5.91 Å². The lowest BCUT2D eigenvalue weighted by atomic mass is 10.1. The van der Waals surface area contributed by atoms with Crippen LogP contribution >= 0.6 is 11.6 Å². The van der Waals surface area contributed by atoms with Gasteiger partial charge in [-0.3, -0.25) is 4.79 Å². The molecule has 0 radical (unpaired) electrons. The number of hydrogen-bond acceptors (Lipinski definition) is 6. The lowest BCUT2D eigenvalue weighted by molar-refractivity contribution is -0.117. The predicted molar refractivity (Wildman–Crippen MR) is 121 cm³/mol. The Morgan fingerprint density at radius 3 is 2.44 bits per heavy atom. The molecule has 2 aromatic heterocycles. The molecule has 34 heavy (non-hydrogen) atoms. The molecular formula is C22H17ClF3N7O. The number of rotatable bonds is 5. The third-order valence-electron chi connectivity index (χ3n) is 5.54. The maximum absolute atomic E-state index is 14.3. The largest absolute Gasteiger partial charge is 0.382 e. The molecule has 1 aliphatic rings. The van der Waals surface area contributed by atoms with Gasteiger partial charge in [0.25, 0.3) is 5.95 Å². The zero-order valence-electron chi connectivity index (χ0n) is 17.4. The van der Waals surface area contributed by atoms with Gasteiger partial charge in [0.05, 0.1) is 11.2 Å². The molecule has 8 nitrogen and oxygen atoms in total. The molecule has 1 fully saturated rings. The van der Waals surface area contributed by atoms with E-state index in [4.69, 9.17) is 23.1 Å².